The number of nitrogens with zero attached hydrogens (tertiary/aromatic N) is 4. The number of aliphatic carboxylic acids is 1. The lowest BCUT2D eigenvalue weighted by molar-refractivity contribution is -0.149. The minimum atomic E-state index is -0.975. The van der Waals surface area contributed by atoms with Gasteiger partial charge in [-0.05, 0) is 48.9 Å². The third-order valence-corrected chi connectivity index (χ3v) is 5.11. The van der Waals surface area contributed by atoms with Crippen molar-refractivity contribution in [2.24, 2.45) is 0 Å². The monoisotopic (exact) mass is 468 g/mol. The maximum Gasteiger partial charge on any atom is 0.333 e. The van der Waals surface area contributed by atoms with Gasteiger partial charge in [-0.15, -0.1) is 0 Å². The number of carboxylic acids is 1. The van der Waals surface area contributed by atoms with Gasteiger partial charge in [0.15, 0.2) is 11.9 Å². The van der Waals surface area contributed by atoms with E-state index in [0.717, 1.165) is 11.1 Å². The molecule has 0 saturated heterocycles. The molecule has 0 saturated carbocycles. The summed E-state index contributed by atoms with van der Waals surface area (Å²) in [6.07, 6.45) is 0.0762. The van der Waals surface area contributed by atoms with Gasteiger partial charge in [0.2, 0.25) is 5.95 Å². The average molecular weight is 469 g/mol. The summed E-state index contributed by atoms with van der Waals surface area (Å²) in [5.41, 5.74) is 1.58. The van der Waals surface area contributed by atoms with Crippen LogP contribution in [0.25, 0.3) is 11.4 Å². The van der Waals surface area contributed by atoms with E-state index in [4.69, 9.17) is 9.47 Å². The summed E-state index contributed by atoms with van der Waals surface area (Å²) in [4.78, 5) is 26.6. The van der Waals surface area contributed by atoms with Crippen LogP contribution in [0.3, 0.4) is 0 Å². The highest BCUT2D eigenvalue weighted by atomic mass is 19.1. The minimum absolute atomic E-state index is 0.293. The number of ether oxygens (including phenoxy) is 2. The number of rotatable bonds is 12. The summed E-state index contributed by atoms with van der Waals surface area (Å²) in [6.45, 7) is 5.01. The van der Waals surface area contributed by atoms with Gasteiger partial charge in [0.05, 0.1) is 6.54 Å². The first-order valence-electron chi connectivity index (χ1n) is 11.2. The van der Waals surface area contributed by atoms with Crippen molar-refractivity contribution in [3.63, 3.8) is 0 Å². The topological polar surface area (TPSA) is 97.7 Å². The van der Waals surface area contributed by atoms with Gasteiger partial charge < -0.3 is 19.5 Å². The first kappa shape index (κ1) is 25.0. The molecule has 0 amide bonds. The quantitative estimate of drug-likeness (QED) is 0.429. The minimum Gasteiger partial charge on any atom is -0.492 e. The Labute approximate surface area is 198 Å². The summed E-state index contributed by atoms with van der Waals surface area (Å²) in [5.74, 6) is 1.05. The third kappa shape index (κ3) is 6.95. The Hall–Kier alpha value is -3.59. The molecule has 3 rings (SSSR count). The van der Waals surface area contributed by atoms with Crippen molar-refractivity contribution in [2.75, 3.05) is 31.7 Å². The van der Waals surface area contributed by atoms with E-state index in [1.807, 2.05) is 43.1 Å². The van der Waals surface area contributed by atoms with Crippen LogP contribution in [-0.2, 0) is 22.4 Å². The summed E-state index contributed by atoms with van der Waals surface area (Å²) in [6, 6.07) is 13.3. The second-order valence-electron chi connectivity index (χ2n) is 7.64. The molecule has 1 heterocycles. The highest BCUT2D eigenvalue weighted by Crippen LogP contribution is 2.19. The van der Waals surface area contributed by atoms with E-state index in [0.29, 0.717) is 55.9 Å². The number of aryl methyl sites for hydroxylation is 1. The number of carboxylic acid groups (broad SMARTS) is 1. The van der Waals surface area contributed by atoms with Gasteiger partial charge in [-0.25, -0.2) is 14.2 Å². The number of halogens is 1. The number of hydrogen-bond acceptors (Lipinski definition) is 7. The number of likely N-dealkylation sites (N-methyl/N-ethyl adjacent to an activating group) is 1. The fraction of sp³-hybridized carbons (Fsp3) is 0.360. The molecular weight excluding hydrogens is 439 g/mol. The van der Waals surface area contributed by atoms with Gasteiger partial charge in [0, 0.05) is 32.1 Å². The van der Waals surface area contributed by atoms with Crippen LogP contribution in [0.15, 0.2) is 48.5 Å². The normalized spacial score (nSPS) is 11.8. The zero-order valence-electron chi connectivity index (χ0n) is 19.6. The maximum absolute atomic E-state index is 13.3. The van der Waals surface area contributed by atoms with E-state index >= 15 is 0 Å². The first-order valence-corrected chi connectivity index (χ1v) is 11.2. The number of carbonyl (C=O) groups is 1. The summed E-state index contributed by atoms with van der Waals surface area (Å²) in [5, 5.41) is 9.22. The molecule has 34 heavy (non-hydrogen) atoms. The van der Waals surface area contributed by atoms with Crippen molar-refractivity contribution in [1.29, 1.82) is 0 Å². The van der Waals surface area contributed by atoms with Crippen LogP contribution in [0.2, 0.25) is 0 Å². The van der Waals surface area contributed by atoms with Gasteiger partial charge in [0.1, 0.15) is 24.0 Å². The molecule has 0 spiro atoms. The summed E-state index contributed by atoms with van der Waals surface area (Å²) < 4.78 is 24.4. The van der Waals surface area contributed by atoms with E-state index in [2.05, 4.69) is 15.0 Å². The number of hydrogen-bond donors (Lipinski definition) is 1. The predicted octanol–water partition coefficient (Wildman–Crippen LogP) is 3.79. The Balaban J connectivity index is 1.59. The molecule has 3 aromatic rings. The smallest absolute Gasteiger partial charge is 0.333 e. The van der Waals surface area contributed by atoms with Gasteiger partial charge in [0.25, 0.3) is 0 Å². The fourth-order valence-corrected chi connectivity index (χ4v) is 3.22. The molecule has 180 valence electrons. The van der Waals surface area contributed by atoms with Crippen LogP contribution in [-0.4, -0.2) is 58.9 Å². The predicted molar refractivity (Wildman–Crippen MR) is 127 cm³/mol. The standard InChI is InChI=1S/C25H29FN4O4/c1-4-22-27-23(18-8-10-19(26)11-9-18)29-25(28-22)30(3)14-15-34-20-12-6-17(7-13-20)16-21(24(31)32)33-5-2/h6-13,21H,4-5,14-16H2,1-3H3,(H,31,32). The SMILES string of the molecule is CCOC(Cc1ccc(OCCN(C)c2nc(CC)nc(-c3ccc(F)cc3)n2)cc1)C(=O)O. The summed E-state index contributed by atoms with van der Waals surface area (Å²) >= 11 is 0. The highest BCUT2D eigenvalue weighted by Gasteiger charge is 2.18. The Kier molecular flexibility index (Phi) is 8.86. The van der Waals surface area contributed by atoms with Crippen LogP contribution < -0.4 is 9.64 Å². The lowest BCUT2D eigenvalue weighted by Gasteiger charge is -2.18. The molecule has 1 unspecified atom stereocenters. The Morgan fingerprint density at radius 2 is 1.76 bits per heavy atom. The second kappa shape index (κ2) is 12.0. The molecule has 8 nitrogen and oxygen atoms in total. The number of anilines is 1. The molecule has 1 aromatic heterocycles. The molecule has 0 bridgehead atoms. The van der Waals surface area contributed by atoms with Crippen LogP contribution in [0.5, 0.6) is 5.75 Å². The van der Waals surface area contributed by atoms with E-state index in [-0.39, 0.29) is 5.82 Å². The highest BCUT2D eigenvalue weighted by molar-refractivity contribution is 5.72. The second-order valence-corrected chi connectivity index (χ2v) is 7.64. The van der Waals surface area contributed by atoms with Crippen molar-refractivity contribution in [2.45, 2.75) is 32.8 Å². The molecule has 1 atom stereocenters. The van der Waals surface area contributed by atoms with Crippen molar-refractivity contribution in [1.82, 2.24) is 15.0 Å². The van der Waals surface area contributed by atoms with E-state index in [9.17, 15) is 14.3 Å². The zero-order chi connectivity index (χ0) is 24.5. The number of benzene rings is 2. The molecular formula is C25H29FN4O4. The van der Waals surface area contributed by atoms with E-state index in [1.54, 1.807) is 19.1 Å². The van der Waals surface area contributed by atoms with Crippen molar-refractivity contribution in [3.05, 3.63) is 65.7 Å². The summed E-state index contributed by atoms with van der Waals surface area (Å²) in [7, 11) is 1.87. The molecule has 0 aliphatic heterocycles. The molecule has 2 aromatic carbocycles. The molecule has 1 N–H and O–H groups in total. The molecule has 9 heteroatoms. The Bertz CT molecular complexity index is 1080. The maximum atomic E-state index is 13.3. The third-order valence-electron chi connectivity index (χ3n) is 5.11. The zero-order valence-corrected chi connectivity index (χ0v) is 19.6. The molecule has 0 aliphatic rings. The Morgan fingerprint density at radius 3 is 2.38 bits per heavy atom. The number of aromatic nitrogens is 3. The van der Waals surface area contributed by atoms with Gasteiger partial charge in [-0.1, -0.05) is 19.1 Å². The largest absolute Gasteiger partial charge is 0.492 e. The van der Waals surface area contributed by atoms with Crippen LogP contribution in [0.4, 0.5) is 10.3 Å². The van der Waals surface area contributed by atoms with Crippen LogP contribution >= 0.6 is 0 Å². The van der Waals surface area contributed by atoms with Gasteiger partial charge in [-0.3, -0.25) is 0 Å². The molecule has 0 radical (unpaired) electrons. The van der Waals surface area contributed by atoms with E-state index in [1.165, 1.54) is 12.1 Å². The van der Waals surface area contributed by atoms with Crippen molar-refractivity contribution < 1.29 is 23.8 Å². The van der Waals surface area contributed by atoms with Gasteiger partial charge >= 0.3 is 5.97 Å². The van der Waals surface area contributed by atoms with Crippen LogP contribution in [0, 0.1) is 5.82 Å². The fourth-order valence-electron chi connectivity index (χ4n) is 3.22. The van der Waals surface area contributed by atoms with E-state index < -0.39 is 12.1 Å². The average Bonchev–Trinajstić information content (AvgIpc) is 2.84. The molecule has 0 aliphatic carbocycles. The lowest BCUT2D eigenvalue weighted by atomic mass is 10.1. The Morgan fingerprint density at radius 1 is 1.06 bits per heavy atom. The lowest BCUT2D eigenvalue weighted by Crippen LogP contribution is -2.26. The first-order chi connectivity index (χ1) is 16.4. The molecule has 0 fully saturated rings. The van der Waals surface area contributed by atoms with Crippen molar-refractivity contribution in [3.8, 4) is 17.1 Å². The van der Waals surface area contributed by atoms with Crippen LogP contribution in [0.1, 0.15) is 25.2 Å². The van der Waals surface area contributed by atoms with Gasteiger partial charge in [-0.2, -0.15) is 9.97 Å². The van der Waals surface area contributed by atoms with Crippen molar-refractivity contribution >= 4 is 11.9 Å².